The lowest BCUT2D eigenvalue weighted by Gasteiger charge is -2.14. The average Bonchev–Trinajstić information content (AvgIpc) is 3.19. The van der Waals surface area contributed by atoms with Crippen molar-refractivity contribution in [1.29, 1.82) is 0 Å². The molecular weight excluding hydrogens is 411 g/mol. The van der Waals surface area contributed by atoms with Gasteiger partial charge in [-0.05, 0) is 37.3 Å². The molecule has 6 nitrogen and oxygen atoms in total. The van der Waals surface area contributed by atoms with Crippen LogP contribution in [0.3, 0.4) is 0 Å². The van der Waals surface area contributed by atoms with Gasteiger partial charge in [-0.3, -0.25) is 9.59 Å². The minimum absolute atomic E-state index is 0.160. The summed E-state index contributed by atoms with van der Waals surface area (Å²) in [5.41, 5.74) is 2.06. The van der Waals surface area contributed by atoms with E-state index in [2.05, 4.69) is 15.7 Å². The second kappa shape index (κ2) is 9.58. The lowest BCUT2D eigenvalue weighted by molar-refractivity contribution is -0.122. The molecule has 0 spiro atoms. The van der Waals surface area contributed by atoms with Crippen LogP contribution < -0.4 is 10.6 Å². The van der Waals surface area contributed by atoms with Gasteiger partial charge >= 0.3 is 0 Å². The van der Waals surface area contributed by atoms with Gasteiger partial charge < -0.3 is 10.6 Å². The van der Waals surface area contributed by atoms with Crippen LogP contribution in [0.5, 0.6) is 0 Å². The third-order valence-electron chi connectivity index (χ3n) is 4.28. The summed E-state index contributed by atoms with van der Waals surface area (Å²) in [6, 6.07) is 15.7. The van der Waals surface area contributed by atoms with Gasteiger partial charge in [-0.25, -0.2) is 4.68 Å². The molecule has 2 amide bonds. The Morgan fingerprint density at radius 1 is 1.07 bits per heavy atom. The van der Waals surface area contributed by atoms with Crippen molar-refractivity contribution in [1.82, 2.24) is 20.4 Å². The smallest absolute Gasteiger partial charge is 0.253 e. The molecule has 1 heterocycles. The SMILES string of the molecule is CC(NC(=O)c1cccc(Cl)c1Cl)C(=O)NCCc1ccn(-c2ccccc2)n1. The van der Waals surface area contributed by atoms with E-state index in [9.17, 15) is 9.59 Å². The standard InChI is InChI=1S/C21H20Cl2N4O2/c1-14(25-21(29)17-8-5-9-18(22)19(17)23)20(28)24-12-10-15-11-13-27(26-15)16-6-3-2-4-7-16/h2-9,11,13-14H,10,12H2,1H3,(H,24,28)(H,25,29). The number of carbonyl (C=O) groups excluding carboxylic acids is 2. The zero-order valence-electron chi connectivity index (χ0n) is 15.7. The van der Waals surface area contributed by atoms with Crippen LogP contribution in [0, 0.1) is 0 Å². The normalized spacial score (nSPS) is 11.7. The van der Waals surface area contributed by atoms with Crippen molar-refractivity contribution < 1.29 is 9.59 Å². The number of aromatic nitrogens is 2. The maximum absolute atomic E-state index is 12.3. The van der Waals surface area contributed by atoms with Crippen molar-refractivity contribution in [2.75, 3.05) is 6.54 Å². The molecule has 0 radical (unpaired) electrons. The van der Waals surface area contributed by atoms with Crippen LogP contribution in [0.1, 0.15) is 23.0 Å². The highest BCUT2D eigenvalue weighted by Gasteiger charge is 2.19. The molecule has 1 unspecified atom stereocenters. The maximum atomic E-state index is 12.3. The van der Waals surface area contributed by atoms with Gasteiger partial charge in [-0.15, -0.1) is 0 Å². The Hall–Kier alpha value is -2.83. The molecule has 0 fully saturated rings. The van der Waals surface area contributed by atoms with E-state index < -0.39 is 11.9 Å². The van der Waals surface area contributed by atoms with Crippen molar-refractivity contribution in [2.45, 2.75) is 19.4 Å². The number of nitrogens with zero attached hydrogens (tertiary/aromatic N) is 2. The second-order valence-corrected chi connectivity index (χ2v) is 7.21. The first-order valence-corrected chi connectivity index (χ1v) is 9.84. The number of benzene rings is 2. The first kappa shape index (κ1) is 20.9. The maximum Gasteiger partial charge on any atom is 0.253 e. The molecule has 3 rings (SSSR count). The van der Waals surface area contributed by atoms with Gasteiger partial charge in [0.2, 0.25) is 5.91 Å². The first-order valence-electron chi connectivity index (χ1n) is 9.08. The Morgan fingerprint density at radius 3 is 2.59 bits per heavy atom. The number of para-hydroxylation sites is 1. The van der Waals surface area contributed by atoms with E-state index in [0.717, 1.165) is 11.4 Å². The summed E-state index contributed by atoms with van der Waals surface area (Å²) < 4.78 is 1.79. The van der Waals surface area contributed by atoms with E-state index in [1.807, 2.05) is 42.6 Å². The van der Waals surface area contributed by atoms with Crippen molar-refractivity contribution in [3.8, 4) is 5.69 Å². The van der Waals surface area contributed by atoms with E-state index >= 15 is 0 Å². The molecule has 0 aliphatic carbocycles. The molecule has 0 aliphatic rings. The summed E-state index contributed by atoms with van der Waals surface area (Å²) in [6.07, 6.45) is 2.45. The summed E-state index contributed by atoms with van der Waals surface area (Å²) in [4.78, 5) is 24.6. The molecule has 8 heteroatoms. The Kier molecular flexibility index (Phi) is 6.90. The molecule has 1 atom stereocenters. The highest BCUT2D eigenvalue weighted by Crippen LogP contribution is 2.25. The van der Waals surface area contributed by atoms with E-state index in [1.54, 1.807) is 29.8 Å². The average molecular weight is 431 g/mol. The molecule has 0 aliphatic heterocycles. The number of hydrogen-bond donors (Lipinski definition) is 2. The molecule has 2 N–H and O–H groups in total. The van der Waals surface area contributed by atoms with Crippen LogP contribution in [-0.4, -0.2) is 34.2 Å². The summed E-state index contributed by atoms with van der Waals surface area (Å²) >= 11 is 12.0. The number of carbonyl (C=O) groups is 2. The van der Waals surface area contributed by atoms with Gasteiger partial charge in [0.1, 0.15) is 6.04 Å². The lowest BCUT2D eigenvalue weighted by Crippen LogP contribution is -2.45. The van der Waals surface area contributed by atoms with Crippen LogP contribution in [0.25, 0.3) is 5.69 Å². The number of rotatable bonds is 7. The summed E-state index contributed by atoms with van der Waals surface area (Å²) in [5, 5.41) is 10.4. The Balaban J connectivity index is 1.49. The Bertz CT molecular complexity index is 1000. The number of halogens is 2. The van der Waals surface area contributed by atoms with Gasteiger partial charge in [-0.2, -0.15) is 5.10 Å². The van der Waals surface area contributed by atoms with Gasteiger partial charge in [0.25, 0.3) is 5.91 Å². The Labute approximate surface area is 178 Å². The number of amides is 2. The highest BCUT2D eigenvalue weighted by atomic mass is 35.5. The van der Waals surface area contributed by atoms with Gasteiger partial charge in [0, 0.05) is 19.2 Å². The molecule has 3 aromatic rings. The largest absolute Gasteiger partial charge is 0.354 e. The Morgan fingerprint density at radius 2 is 1.83 bits per heavy atom. The monoisotopic (exact) mass is 430 g/mol. The number of hydrogen-bond acceptors (Lipinski definition) is 3. The molecular formula is C21H20Cl2N4O2. The van der Waals surface area contributed by atoms with E-state index in [1.165, 1.54) is 0 Å². The molecule has 0 saturated heterocycles. The van der Waals surface area contributed by atoms with Crippen LogP contribution in [0.15, 0.2) is 60.8 Å². The fourth-order valence-corrected chi connectivity index (χ4v) is 3.09. The predicted molar refractivity (Wildman–Crippen MR) is 114 cm³/mol. The van der Waals surface area contributed by atoms with Gasteiger partial charge in [-0.1, -0.05) is 47.5 Å². The van der Waals surface area contributed by atoms with Crippen LogP contribution in [0.4, 0.5) is 0 Å². The minimum atomic E-state index is -0.723. The minimum Gasteiger partial charge on any atom is -0.354 e. The summed E-state index contributed by atoms with van der Waals surface area (Å²) in [7, 11) is 0. The van der Waals surface area contributed by atoms with Crippen LogP contribution in [-0.2, 0) is 11.2 Å². The first-order chi connectivity index (χ1) is 14.0. The number of nitrogens with one attached hydrogen (secondary N) is 2. The predicted octanol–water partition coefficient (Wildman–Crippen LogP) is 3.66. The molecule has 2 aromatic carbocycles. The molecule has 150 valence electrons. The van der Waals surface area contributed by atoms with Crippen molar-refractivity contribution in [2.24, 2.45) is 0 Å². The zero-order chi connectivity index (χ0) is 20.8. The van der Waals surface area contributed by atoms with Gasteiger partial charge in [0.15, 0.2) is 0 Å². The van der Waals surface area contributed by atoms with Crippen molar-refractivity contribution in [3.63, 3.8) is 0 Å². The summed E-state index contributed by atoms with van der Waals surface area (Å²) in [6.45, 7) is 2.01. The van der Waals surface area contributed by atoms with Crippen molar-refractivity contribution >= 4 is 35.0 Å². The van der Waals surface area contributed by atoms with E-state index in [-0.39, 0.29) is 21.5 Å². The summed E-state index contributed by atoms with van der Waals surface area (Å²) in [5.74, 6) is -0.749. The fraction of sp³-hybridized carbons (Fsp3) is 0.190. The molecule has 1 aromatic heterocycles. The molecule has 0 saturated carbocycles. The second-order valence-electron chi connectivity index (χ2n) is 6.42. The molecule has 0 bridgehead atoms. The topological polar surface area (TPSA) is 76.0 Å². The van der Waals surface area contributed by atoms with Crippen LogP contribution >= 0.6 is 23.2 Å². The van der Waals surface area contributed by atoms with Crippen molar-refractivity contribution in [3.05, 3.63) is 82.1 Å². The zero-order valence-corrected chi connectivity index (χ0v) is 17.2. The third-order valence-corrected chi connectivity index (χ3v) is 5.10. The van der Waals surface area contributed by atoms with Gasteiger partial charge in [0.05, 0.1) is 27.0 Å². The third kappa shape index (κ3) is 5.37. The quantitative estimate of drug-likeness (QED) is 0.600. The van der Waals surface area contributed by atoms with E-state index in [0.29, 0.717) is 13.0 Å². The van der Waals surface area contributed by atoms with Crippen LogP contribution in [0.2, 0.25) is 10.0 Å². The highest BCUT2D eigenvalue weighted by molar-refractivity contribution is 6.43. The lowest BCUT2D eigenvalue weighted by atomic mass is 10.2. The van der Waals surface area contributed by atoms with E-state index in [4.69, 9.17) is 23.2 Å². The fourth-order valence-electron chi connectivity index (χ4n) is 2.71. The molecule has 29 heavy (non-hydrogen) atoms.